The molecule has 13 heteroatoms. The number of benzene rings is 1. The summed E-state index contributed by atoms with van der Waals surface area (Å²) in [5.74, 6) is -4.05. The van der Waals surface area contributed by atoms with E-state index in [1.165, 1.54) is 12.1 Å². The molecule has 1 aromatic carbocycles. The number of nitrogens with two attached hydrogens (primary N) is 1. The second kappa shape index (κ2) is 9.53. The number of anilines is 2. The molecule has 0 amide bonds. The summed E-state index contributed by atoms with van der Waals surface area (Å²) in [7, 11) is 0. The molecule has 3 aromatic rings. The van der Waals surface area contributed by atoms with Crippen LogP contribution in [0.15, 0.2) is 12.1 Å². The molecule has 0 spiro atoms. The molecule has 3 N–H and O–H groups in total. The molecular weight excluding hydrogens is 554 g/mol. The van der Waals surface area contributed by atoms with Crippen molar-refractivity contribution in [2.45, 2.75) is 76.2 Å². The van der Waals surface area contributed by atoms with Gasteiger partial charge in [-0.05, 0) is 50.8 Å². The fourth-order valence-corrected chi connectivity index (χ4v) is 6.65. The number of nitrogens with zero attached hydrogens (tertiary/aromatic N) is 5. The quantitative estimate of drug-likeness (QED) is 0.255. The van der Waals surface area contributed by atoms with Crippen molar-refractivity contribution in [1.82, 2.24) is 25.2 Å². The first-order valence-electron chi connectivity index (χ1n) is 14.4. The van der Waals surface area contributed by atoms with Gasteiger partial charge in [-0.2, -0.15) is 9.97 Å². The maximum atomic E-state index is 16.4. The SMILES string of the molecule is CC[C@H]1C[C@H](C)Oc2nc(-c3cc(C)cc(N)c3F)c(F)c3nc(OC[C@]45CCN4CC(F)(F)C5)nc(c23)N2C[C@@H]2N1. The highest BCUT2D eigenvalue weighted by atomic mass is 19.3. The first-order valence-corrected chi connectivity index (χ1v) is 14.4. The number of rotatable bonds is 5. The van der Waals surface area contributed by atoms with Crippen LogP contribution in [0.1, 0.15) is 45.1 Å². The lowest BCUT2D eigenvalue weighted by molar-refractivity contribution is -0.0132. The van der Waals surface area contributed by atoms with Gasteiger partial charge in [0.2, 0.25) is 5.88 Å². The third-order valence-corrected chi connectivity index (χ3v) is 8.94. The van der Waals surface area contributed by atoms with Gasteiger partial charge in [-0.1, -0.05) is 6.92 Å². The zero-order valence-corrected chi connectivity index (χ0v) is 23.7. The van der Waals surface area contributed by atoms with E-state index in [-0.39, 0.29) is 77.6 Å². The van der Waals surface area contributed by atoms with Gasteiger partial charge in [0.15, 0.2) is 17.5 Å². The molecule has 4 atom stereocenters. The predicted molar refractivity (Wildman–Crippen MR) is 149 cm³/mol. The monoisotopic (exact) mass is 587 g/mol. The van der Waals surface area contributed by atoms with Crippen molar-refractivity contribution in [3.05, 3.63) is 29.3 Å². The fraction of sp³-hybridized carbons (Fsp3) is 0.552. The van der Waals surface area contributed by atoms with E-state index in [1.807, 2.05) is 11.8 Å². The van der Waals surface area contributed by atoms with Crippen molar-refractivity contribution in [1.29, 1.82) is 0 Å². The normalized spacial score (nSPS) is 28.1. The standard InChI is InChI=1S/C29H33F4N7O2/c1-4-16-9-15(3)42-26-20-24(22(31)23(36-26)17-7-14(2)8-18(34)21(17)30)37-27(38-25(20)40-10-19(40)35-16)41-13-28-5-6-39(28)12-29(32,33)11-28/h7-8,15-16,19,35H,4-6,9-13,34H2,1-3H3/t15-,16-,19+,28+,40?/m0/s1. The van der Waals surface area contributed by atoms with Crippen LogP contribution in [0.25, 0.3) is 22.2 Å². The van der Waals surface area contributed by atoms with E-state index in [9.17, 15) is 8.78 Å². The highest BCUT2D eigenvalue weighted by Gasteiger charge is 2.60. The molecule has 4 aliphatic rings. The van der Waals surface area contributed by atoms with Crippen molar-refractivity contribution in [3.8, 4) is 23.1 Å². The van der Waals surface area contributed by atoms with Gasteiger partial charge >= 0.3 is 6.01 Å². The van der Waals surface area contributed by atoms with Gasteiger partial charge in [0.25, 0.3) is 5.92 Å². The number of hydrogen-bond acceptors (Lipinski definition) is 9. The summed E-state index contributed by atoms with van der Waals surface area (Å²) in [6.45, 7) is 6.51. The van der Waals surface area contributed by atoms with Crippen molar-refractivity contribution in [2.24, 2.45) is 0 Å². The van der Waals surface area contributed by atoms with Gasteiger partial charge in [0.05, 0.1) is 36.6 Å². The minimum Gasteiger partial charge on any atom is -0.474 e. The van der Waals surface area contributed by atoms with Gasteiger partial charge in [-0.25, -0.2) is 22.5 Å². The average molecular weight is 588 g/mol. The topological polar surface area (TPSA) is 101 Å². The van der Waals surface area contributed by atoms with Crippen molar-refractivity contribution in [2.75, 3.05) is 36.9 Å². The molecular formula is C29H33F4N7O2. The van der Waals surface area contributed by atoms with Gasteiger partial charge in [-0.3, -0.25) is 10.2 Å². The summed E-state index contributed by atoms with van der Waals surface area (Å²) in [5, 5.41) is 3.83. The van der Waals surface area contributed by atoms with Crippen LogP contribution >= 0.6 is 0 Å². The Bertz CT molecular complexity index is 1590. The van der Waals surface area contributed by atoms with Gasteiger partial charge in [-0.15, -0.1) is 0 Å². The van der Waals surface area contributed by atoms with E-state index in [4.69, 9.17) is 15.2 Å². The van der Waals surface area contributed by atoms with E-state index in [2.05, 4.69) is 27.2 Å². The fourth-order valence-electron chi connectivity index (χ4n) is 6.65. The molecule has 0 radical (unpaired) electrons. The third kappa shape index (κ3) is 4.48. The molecule has 224 valence electrons. The molecule has 0 aliphatic carbocycles. The molecule has 0 bridgehead atoms. The second-order valence-electron chi connectivity index (χ2n) is 12.2. The van der Waals surface area contributed by atoms with E-state index in [1.54, 1.807) is 11.8 Å². The first kappa shape index (κ1) is 27.4. The number of hydrogen-bond donors (Lipinski definition) is 2. The Hall–Kier alpha value is -3.45. The van der Waals surface area contributed by atoms with Crippen molar-refractivity contribution < 1.29 is 27.0 Å². The van der Waals surface area contributed by atoms with Crippen LogP contribution in [0.3, 0.4) is 0 Å². The number of nitrogens with one attached hydrogen (secondary N) is 1. The number of alkyl halides is 2. The minimum atomic E-state index is -2.80. The molecule has 6 heterocycles. The molecule has 0 unspecified atom stereocenters. The number of pyridine rings is 1. The molecule has 9 nitrogen and oxygen atoms in total. The summed E-state index contributed by atoms with van der Waals surface area (Å²) >= 11 is 0. The summed E-state index contributed by atoms with van der Waals surface area (Å²) in [4.78, 5) is 17.2. The summed E-state index contributed by atoms with van der Waals surface area (Å²) < 4.78 is 72.5. The molecule has 3 fully saturated rings. The van der Waals surface area contributed by atoms with E-state index >= 15 is 8.78 Å². The maximum Gasteiger partial charge on any atom is 0.319 e. The summed E-state index contributed by atoms with van der Waals surface area (Å²) in [6.07, 6.45) is 1.41. The second-order valence-corrected chi connectivity index (χ2v) is 12.2. The van der Waals surface area contributed by atoms with E-state index < -0.39 is 23.1 Å². The molecule has 42 heavy (non-hydrogen) atoms. The van der Waals surface area contributed by atoms with Crippen LogP contribution in [-0.2, 0) is 0 Å². The molecule has 7 rings (SSSR count). The zero-order chi connectivity index (χ0) is 29.6. The lowest BCUT2D eigenvalue weighted by atomic mass is 9.85. The lowest BCUT2D eigenvalue weighted by Crippen LogP contribution is -2.59. The van der Waals surface area contributed by atoms with Crippen LogP contribution in [0.5, 0.6) is 11.9 Å². The Morgan fingerprint density at radius 1 is 1.19 bits per heavy atom. The number of halogens is 4. The van der Waals surface area contributed by atoms with E-state index in [0.717, 1.165) is 6.42 Å². The Kier molecular flexibility index (Phi) is 6.21. The van der Waals surface area contributed by atoms with Gasteiger partial charge < -0.3 is 20.1 Å². The number of fused-ring (bicyclic) bond motifs is 3. The highest BCUT2D eigenvalue weighted by Crippen LogP contribution is 2.48. The van der Waals surface area contributed by atoms with Crippen molar-refractivity contribution in [3.63, 3.8) is 0 Å². The predicted octanol–water partition coefficient (Wildman–Crippen LogP) is 4.41. The van der Waals surface area contributed by atoms with Crippen LogP contribution in [-0.4, -0.2) is 75.9 Å². The smallest absolute Gasteiger partial charge is 0.319 e. The Balaban J connectivity index is 1.38. The largest absolute Gasteiger partial charge is 0.474 e. The van der Waals surface area contributed by atoms with Crippen molar-refractivity contribution >= 4 is 22.4 Å². The van der Waals surface area contributed by atoms with Crippen LogP contribution in [0, 0.1) is 18.6 Å². The Morgan fingerprint density at radius 3 is 2.71 bits per heavy atom. The highest BCUT2D eigenvalue weighted by molar-refractivity contribution is 5.97. The van der Waals surface area contributed by atoms with Crippen LogP contribution < -0.4 is 25.4 Å². The van der Waals surface area contributed by atoms with E-state index in [0.29, 0.717) is 37.3 Å². The van der Waals surface area contributed by atoms with Gasteiger partial charge in [0.1, 0.15) is 23.2 Å². The molecule has 3 saturated heterocycles. The summed E-state index contributed by atoms with van der Waals surface area (Å²) in [6, 6.07) is 2.93. The first-order chi connectivity index (χ1) is 20.0. The molecule has 4 aliphatic heterocycles. The van der Waals surface area contributed by atoms with Crippen LogP contribution in [0.4, 0.5) is 29.1 Å². The Morgan fingerprint density at radius 2 is 2.00 bits per heavy atom. The molecule has 0 saturated carbocycles. The van der Waals surface area contributed by atoms with Gasteiger partial charge in [0, 0.05) is 24.6 Å². The maximum absolute atomic E-state index is 16.4. The number of aromatic nitrogens is 3. The lowest BCUT2D eigenvalue weighted by Gasteiger charge is -2.46. The molecule has 2 aromatic heterocycles. The number of aryl methyl sites for hydroxylation is 1. The third-order valence-electron chi connectivity index (χ3n) is 8.94. The summed E-state index contributed by atoms with van der Waals surface area (Å²) in [5.41, 5.74) is 5.01. The van der Waals surface area contributed by atoms with Crippen LogP contribution in [0.2, 0.25) is 0 Å². The average Bonchev–Trinajstić information content (AvgIpc) is 3.67. The Labute approximate surface area is 240 Å². The number of nitrogen functional groups attached to an aromatic ring is 1. The zero-order valence-electron chi connectivity index (χ0n) is 23.7. The minimum absolute atomic E-state index is 0.0509. The number of ether oxygens (including phenoxy) is 2.